The molecule has 0 atom stereocenters. The summed E-state index contributed by atoms with van der Waals surface area (Å²) in [4.78, 5) is 14.8. The number of pyridine rings is 1. The molecule has 1 rings (SSSR count). The van der Waals surface area contributed by atoms with Crippen LogP contribution in [0.2, 0.25) is 0 Å². The predicted octanol–water partition coefficient (Wildman–Crippen LogP) is 3.38. The maximum absolute atomic E-state index is 10.8. The van der Waals surface area contributed by atoms with Gasteiger partial charge in [-0.3, -0.25) is 0 Å². The average molecular weight is 279 g/mol. The van der Waals surface area contributed by atoms with E-state index in [2.05, 4.69) is 24.1 Å². The third-order valence-corrected chi connectivity index (χ3v) is 3.15. The van der Waals surface area contributed by atoms with Crippen molar-refractivity contribution < 1.29 is 9.90 Å². The first-order chi connectivity index (χ1) is 9.50. The minimum Gasteiger partial charge on any atom is -0.477 e. The lowest BCUT2D eigenvalue weighted by molar-refractivity contribution is 0.0690. The van der Waals surface area contributed by atoms with Crippen LogP contribution in [0.15, 0.2) is 12.1 Å². The summed E-state index contributed by atoms with van der Waals surface area (Å²) in [7, 11) is 0. The number of hydrogen-bond acceptors (Lipinski definition) is 4. The number of aromatic nitrogens is 1. The molecule has 0 unspecified atom stereocenters. The molecule has 0 amide bonds. The average Bonchev–Trinajstić information content (AvgIpc) is 2.38. The Morgan fingerprint density at radius 1 is 1.30 bits per heavy atom. The van der Waals surface area contributed by atoms with Gasteiger partial charge in [0.1, 0.15) is 5.82 Å². The van der Waals surface area contributed by atoms with Crippen molar-refractivity contribution in [1.82, 2.24) is 4.98 Å². The Morgan fingerprint density at radius 3 is 2.65 bits per heavy atom. The first kappa shape index (κ1) is 16.3. The van der Waals surface area contributed by atoms with E-state index >= 15 is 0 Å². The van der Waals surface area contributed by atoms with Crippen LogP contribution in [0.4, 0.5) is 11.5 Å². The monoisotopic (exact) mass is 279 g/mol. The second-order valence-corrected chi connectivity index (χ2v) is 5.46. The Hall–Kier alpha value is -1.78. The summed E-state index contributed by atoms with van der Waals surface area (Å²) in [6, 6.07) is 2.98. The number of nitrogen functional groups attached to an aromatic ring is 1. The van der Waals surface area contributed by atoms with Crippen LogP contribution in [0.1, 0.15) is 56.4 Å². The number of nitrogens with zero attached hydrogens (tertiary/aromatic N) is 1. The van der Waals surface area contributed by atoms with Crippen LogP contribution in [0.25, 0.3) is 0 Å². The van der Waals surface area contributed by atoms with Crippen molar-refractivity contribution in [2.75, 3.05) is 17.6 Å². The predicted molar refractivity (Wildman–Crippen MR) is 82.0 cm³/mol. The molecule has 4 N–H and O–H groups in total. The summed E-state index contributed by atoms with van der Waals surface area (Å²) >= 11 is 0. The normalized spacial score (nSPS) is 10.8. The highest BCUT2D eigenvalue weighted by Gasteiger charge is 2.07. The van der Waals surface area contributed by atoms with Gasteiger partial charge in [0.15, 0.2) is 5.69 Å². The lowest BCUT2D eigenvalue weighted by atomic mass is 10.0. The van der Waals surface area contributed by atoms with Crippen LogP contribution in [-0.4, -0.2) is 22.6 Å². The summed E-state index contributed by atoms with van der Waals surface area (Å²) in [5.74, 6) is 0.199. The molecule has 0 spiro atoms. The molecule has 0 radical (unpaired) electrons. The lowest BCUT2D eigenvalue weighted by Gasteiger charge is -2.09. The first-order valence-corrected chi connectivity index (χ1v) is 7.24. The number of nitrogens with one attached hydrogen (secondary N) is 1. The number of carbonyl (C=O) groups is 1. The van der Waals surface area contributed by atoms with Crippen LogP contribution in [0, 0.1) is 5.92 Å². The zero-order valence-corrected chi connectivity index (χ0v) is 12.4. The molecule has 0 aliphatic heterocycles. The second-order valence-electron chi connectivity index (χ2n) is 5.46. The maximum atomic E-state index is 10.8. The molecule has 5 nitrogen and oxygen atoms in total. The van der Waals surface area contributed by atoms with Gasteiger partial charge in [0.25, 0.3) is 0 Å². The van der Waals surface area contributed by atoms with Crippen LogP contribution in [-0.2, 0) is 0 Å². The van der Waals surface area contributed by atoms with E-state index in [1.807, 2.05) is 0 Å². The Balaban J connectivity index is 2.28. The van der Waals surface area contributed by atoms with Crippen LogP contribution in [0.3, 0.4) is 0 Å². The zero-order chi connectivity index (χ0) is 15.0. The minimum atomic E-state index is -1.04. The van der Waals surface area contributed by atoms with Gasteiger partial charge in [-0.25, -0.2) is 9.78 Å². The van der Waals surface area contributed by atoms with E-state index < -0.39 is 5.97 Å². The molecule has 0 aromatic carbocycles. The SMILES string of the molecule is CC(C)CCCCCCNc1nc(C(=O)O)ccc1N. The van der Waals surface area contributed by atoms with Gasteiger partial charge in [-0.05, 0) is 24.5 Å². The highest BCUT2D eigenvalue weighted by atomic mass is 16.4. The zero-order valence-electron chi connectivity index (χ0n) is 12.4. The third-order valence-electron chi connectivity index (χ3n) is 3.15. The molecule has 0 aliphatic rings. The highest BCUT2D eigenvalue weighted by Crippen LogP contribution is 2.16. The fraction of sp³-hybridized carbons (Fsp3) is 0.600. The highest BCUT2D eigenvalue weighted by molar-refractivity contribution is 5.86. The molecule has 0 fully saturated rings. The first-order valence-electron chi connectivity index (χ1n) is 7.24. The van der Waals surface area contributed by atoms with Crippen molar-refractivity contribution in [2.24, 2.45) is 5.92 Å². The summed E-state index contributed by atoms with van der Waals surface area (Å²) in [5.41, 5.74) is 6.26. The molecule has 1 aromatic heterocycles. The summed E-state index contributed by atoms with van der Waals surface area (Å²) in [5, 5.41) is 12.0. The number of carboxylic acid groups (broad SMARTS) is 1. The molecular weight excluding hydrogens is 254 g/mol. The Kier molecular flexibility index (Phi) is 6.84. The van der Waals surface area contributed by atoms with Crippen LogP contribution < -0.4 is 11.1 Å². The summed E-state index contributed by atoms with van der Waals surface area (Å²) < 4.78 is 0. The molecular formula is C15H25N3O2. The molecule has 0 bridgehead atoms. The van der Waals surface area contributed by atoms with Crippen molar-refractivity contribution in [3.63, 3.8) is 0 Å². The third kappa shape index (κ3) is 5.91. The fourth-order valence-electron chi connectivity index (χ4n) is 1.97. The van der Waals surface area contributed by atoms with Gasteiger partial charge < -0.3 is 16.2 Å². The van der Waals surface area contributed by atoms with Gasteiger partial charge in [0.05, 0.1) is 5.69 Å². The van der Waals surface area contributed by atoms with Crippen molar-refractivity contribution >= 4 is 17.5 Å². The van der Waals surface area contributed by atoms with Crippen LogP contribution in [0.5, 0.6) is 0 Å². The standard InChI is InChI=1S/C15H25N3O2/c1-11(2)7-5-3-4-6-10-17-14-12(16)8-9-13(18-14)15(19)20/h8-9,11H,3-7,10,16H2,1-2H3,(H,17,18)(H,19,20). The summed E-state index contributed by atoms with van der Waals surface area (Å²) in [6.45, 7) is 5.25. The van der Waals surface area contributed by atoms with Gasteiger partial charge in [-0.1, -0.05) is 39.5 Å². The molecule has 5 heteroatoms. The van der Waals surface area contributed by atoms with E-state index in [1.54, 1.807) is 6.07 Å². The lowest BCUT2D eigenvalue weighted by Crippen LogP contribution is -2.09. The van der Waals surface area contributed by atoms with Gasteiger partial charge in [0.2, 0.25) is 0 Å². The topological polar surface area (TPSA) is 88.2 Å². The van der Waals surface area contributed by atoms with Crippen molar-refractivity contribution in [2.45, 2.75) is 46.0 Å². The van der Waals surface area contributed by atoms with Crippen molar-refractivity contribution in [1.29, 1.82) is 0 Å². The van der Waals surface area contributed by atoms with E-state index in [-0.39, 0.29) is 5.69 Å². The fourth-order valence-corrected chi connectivity index (χ4v) is 1.97. The van der Waals surface area contributed by atoms with Gasteiger partial charge in [0, 0.05) is 6.54 Å². The molecule has 0 aliphatic carbocycles. The minimum absolute atomic E-state index is 0.0126. The Morgan fingerprint density at radius 2 is 2.00 bits per heavy atom. The number of unbranched alkanes of at least 4 members (excludes halogenated alkanes) is 3. The van der Waals surface area contributed by atoms with Gasteiger partial charge >= 0.3 is 5.97 Å². The molecule has 1 heterocycles. The molecule has 112 valence electrons. The van der Waals surface area contributed by atoms with Crippen molar-refractivity contribution in [3.8, 4) is 0 Å². The van der Waals surface area contributed by atoms with E-state index in [9.17, 15) is 4.79 Å². The number of rotatable bonds is 9. The van der Waals surface area contributed by atoms with E-state index in [0.29, 0.717) is 11.5 Å². The number of nitrogens with two attached hydrogens (primary N) is 1. The summed E-state index contributed by atoms with van der Waals surface area (Å²) in [6.07, 6.45) is 5.99. The molecule has 0 saturated carbocycles. The smallest absolute Gasteiger partial charge is 0.354 e. The van der Waals surface area contributed by atoms with E-state index in [4.69, 9.17) is 10.8 Å². The number of carboxylic acids is 1. The maximum Gasteiger partial charge on any atom is 0.354 e. The molecule has 0 saturated heterocycles. The molecule has 20 heavy (non-hydrogen) atoms. The second kappa shape index (κ2) is 8.40. The number of anilines is 2. The number of aromatic carboxylic acids is 1. The van der Waals surface area contributed by atoms with E-state index in [0.717, 1.165) is 25.3 Å². The van der Waals surface area contributed by atoms with Gasteiger partial charge in [-0.2, -0.15) is 0 Å². The van der Waals surface area contributed by atoms with Crippen LogP contribution >= 0.6 is 0 Å². The molecule has 1 aromatic rings. The number of hydrogen-bond donors (Lipinski definition) is 3. The van der Waals surface area contributed by atoms with Gasteiger partial charge in [-0.15, -0.1) is 0 Å². The Bertz CT molecular complexity index is 433. The van der Waals surface area contributed by atoms with Crippen molar-refractivity contribution in [3.05, 3.63) is 17.8 Å². The largest absolute Gasteiger partial charge is 0.477 e. The van der Waals surface area contributed by atoms with E-state index in [1.165, 1.54) is 25.3 Å². The Labute approximate surface area is 120 Å². The quantitative estimate of drug-likeness (QED) is 0.603.